The number of benzene rings is 2. The van der Waals surface area contributed by atoms with Gasteiger partial charge in [0.05, 0.1) is 6.26 Å². The molecule has 1 aromatic heterocycles. The van der Waals surface area contributed by atoms with E-state index in [0.717, 1.165) is 42.4 Å². The molecule has 0 unspecified atom stereocenters. The second-order valence-electron chi connectivity index (χ2n) is 8.17. The van der Waals surface area contributed by atoms with Crippen LogP contribution in [-0.4, -0.2) is 17.9 Å². The van der Waals surface area contributed by atoms with Gasteiger partial charge in [-0.25, -0.2) is 0 Å². The third kappa shape index (κ3) is 4.41. The first kappa shape index (κ1) is 20.9. The molecule has 0 aliphatic heterocycles. The van der Waals surface area contributed by atoms with Crippen molar-refractivity contribution in [3.8, 4) is 0 Å². The zero-order chi connectivity index (χ0) is 21.8. The van der Waals surface area contributed by atoms with E-state index in [-0.39, 0.29) is 23.6 Å². The Bertz CT molecular complexity index is 1040. The molecule has 4 rings (SSSR count). The molecule has 0 saturated heterocycles. The van der Waals surface area contributed by atoms with Crippen LogP contribution in [0.2, 0.25) is 0 Å². The summed E-state index contributed by atoms with van der Waals surface area (Å²) in [7, 11) is 0. The number of carbonyl (C=O) groups is 2. The van der Waals surface area contributed by atoms with Crippen LogP contribution in [0, 0.1) is 13.8 Å². The molecule has 1 N–H and O–H groups in total. The summed E-state index contributed by atoms with van der Waals surface area (Å²) in [5.74, 6) is -0.302. The largest absolute Gasteiger partial charge is 0.459 e. The normalized spacial score (nSPS) is 14.9. The molecule has 2 aromatic carbocycles. The Labute approximate surface area is 183 Å². The Hall–Kier alpha value is -3.34. The van der Waals surface area contributed by atoms with Crippen molar-refractivity contribution >= 4 is 17.5 Å². The molecular formula is C26H28N2O3. The third-order valence-electron chi connectivity index (χ3n) is 6.11. The summed E-state index contributed by atoms with van der Waals surface area (Å²) in [4.78, 5) is 28.9. The zero-order valence-electron chi connectivity index (χ0n) is 18.0. The fraction of sp³-hybridized carbons (Fsp3) is 0.308. The van der Waals surface area contributed by atoms with E-state index in [1.54, 1.807) is 17.0 Å². The predicted molar refractivity (Wildman–Crippen MR) is 121 cm³/mol. The van der Waals surface area contributed by atoms with Gasteiger partial charge in [-0.3, -0.25) is 14.5 Å². The molecule has 0 bridgehead atoms. The molecule has 3 aromatic rings. The van der Waals surface area contributed by atoms with Gasteiger partial charge in [0.1, 0.15) is 6.04 Å². The van der Waals surface area contributed by atoms with Crippen molar-refractivity contribution in [2.24, 2.45) is 0 Å². The second-order valence-corrected chi connectivity index (χ2v) is 8.17. The monoisotopic (exact) mass is 416 g/mol. The van der Waals surface area contributed by atoms with E-state index in [9.17, 15) is 9.59 Å². The highest BCUT2D eigenvalue weighted by atomic mass is 16.3. The number of hydrogen-bond donors (Lipinski definition) is 1. The molecule has 1 fully saturated rings. The number of anilines is 1. The quantitative estimate of drug-likeness (QED) is 0.590. The summed E-state index contributed by atoms with van der Waals surface area (Å²) in [6.07, 6.45) is 5.66. The van der Waals surface area contributed by atoms with Crippen molar-refractivity contribution in [3.63, 3.8) is 0 Å². The molecule has 160 valence electrons. The van der Waals surface area contributed by atoms with Gasteiger partial charge in [0.15, 0.2) is 5.76 Å². The summed E-state index contributed by atoms with van der Waals surface area (Å²) >= 11 is 0. The highest BCUT2D eigenvalue weighted by Crippen LogP contribution is 2.33. The number of hydrogen-bond acceptors (Lipinski definition) is 3. The van der Waals surface area contributed by atoms with Gasteiger partial charge in [0.2, 0.25) is 5.91 Å². The number of nitrogens with one attached hydrogen (secondary N) is 1. The third-order valence-corrected chi connectivity index (χ3v) is 6.11. The number of rotatable bonds is 6. The second kappa shape index (κ2) is 9.21. The van der Waals surface area contributed by atoms with Crippen LogP contribution in [0.25, 0.3) is 0 Å². The first-order valence-electron chi connectivity index (χ1n) is 10.8. The summed E-state index contributed by atoms with van der Waals surface area (Å²) in [6, 6.07) is 18.0. The van der Waals surface area contributed by atoms with Crippen molar-refractivity contribution in [1.82, 2.24) is 5.32 Å². The summed E-state index contributed by atoms with van der Waals surface area (Å²) < 4.78 is 5.44. The first-order chi connectivity index (χ1) is 15.1. The average molecular weight is 417 g/mol. The lowest BCUT2D eigenvalue weighted by Crippen LogP contribution is -2.46. The molecule has 1 heterocycles. The van der Waals surface area contributed by atoms with Gasteiger partial charge in [0.25, 0.3) is 5.91 Å². The smallest absolute Gasteiger partial charge is 0.294 e. The van der Waals surface area contributed by atoms with E-state index < -0.39 is 6.04 Å². The van der Waals surface area contributed by atoms with E-state index >= 15 is 0 Å². The fourth-order valence-electron chi connectivity index (χ4n) is 4.28. The number of aryl methyl sites for hydroxylation is 1. The highest BCUT2D eigenvalue weighted by molar-refractivity contribution is 6.09. The van der Waals surface area contributed by atoms with Crippen molar-refractivity contribution in [3.05, 3.63) is 89.4 Å². The Balaban J connectivity index is 1.83. The van der Waals surface area contributed by atoms with Gasteiger partial charge >= 0.3 is 0 Å². The van der Waals surface area contributed by atoms with E-state index in [4.69, 9.17) is 4.42 Å². The first-order valence-corrected chi connectivity index (χ1v) is 10.8. The molecule has 1 atom stereocenters. The van der Waals surface area contributed by atoms with Crippen molar-refractivity contribution in [2.75, 3.05) is 4.90 Å². The van der Waals surface area contributed by atoms with Crippen LogP contribution >= 0.6 is 0 Å². The zero-order valence-corrected chi connectivity index (χ0v) is 18.0. The van der Waals surface area contributed by atoms with Crippen molar-refractivity contribution in [2.45, 2.75) is 51.6 Å². The maximum atomic E-state index is 13.7. The minimum absolute atomic E-state index is 0.151. The van der Waals surface area contributed by atoms with E-state index in [2.05, 4.69) is 5.32 Å². The van der Waals surface area contributed by atoms with Crippen molar-refractivity contribution < 1.29 is 14.0 Å². The standard InChI is InChI=1S/C26H28N2O3/c1-18-10-8-15-22(19(18)2)28(26(30)23-16-9-17-31-23)24(20-11-4-3-5-12-20)25(29)27-21-13-6-7-14-21/h3-5,8-12,15-17,21,24H,6-7,13-14H2,1-2H3,(H,27,29)/t24-/m1/s1. The van der Waals surface area contributed by atoms with Crippen LogP contribution in [0.1, 0.15) is 59.0 Å². The molecule has 5 nitrogen and oxygen atoms in total. The minimum Gasteiger partial charge on any atom is -0.459 e. The van der Waals surface area contributed by atoms with Crippen LogP contribution < -0.4 is 10.2 Å². The number of furan rings is 1. The van der Waals surface area contributed by atoms with E-state index in [0.29, 0.717) is 5.69 Å². The molecule has 0 spiro atoms. The van der Waals surface area contributed by atoms with Crippen LogP contribution in [0.15, 0.2) is 71.3 Å². The Kier molecular flexibility index (Phi) is 6.21. The molecule has 5 heteroatoms. The Morgan fingerprint density at radius 3 is 2.39 bits per heavy atom. The maximum absolute atomic E-state index is 13.7. The lowest BCUT2D eigenvalue weighted by molar-refractivity contribution is -0.123. The van der Waals surface area contributed by atoms with E-state index in [1.165, 1.54) is 6.26 Å². The molecular weight excluding hydrogens is 388 g/mol. The number of carbonyl (C=O) groups excluding carboxylic acids is 2. The summed E-state index contributed by atoms with van der Waals surface area (Å²) in [5.41, 5.74) is 3.48. The molecule has 0 radical (unpaired) electrons. The summed E-state index contributed by atoms with van der Waals surface area (Å²) in [5, 5.41) is 3.20. The van der Waals surface area contributed by atoms with Crippen LogP contribution in [0.5, 0.6) is 0 Å². The van der Waals surface area contributed by atoms with Crippen molar-refractivity contribution in [1.29, 1.82) is 0 Å². The molecule has 2 amide bonds. The SMILES string of the molecule is Cc1cccc(N(C(=O)c2ccco2)[C@@H](C(=O)NC2CCCC2)c2ccccc2)c1C. The highest BCUT2D eigenvalue weighted by Gasteiger charge is 2.36. The molecule has 31 heavy (non-hydrogen) atoms. The minimum atomic E-state index is -0.806. The average Bonchev–Trinajstić information content (AvgIpc) is 3.49. The van der Waals surface area contributed by atoms with E-state index in [1.807, 2.05) is 62.4 Å². The topological polar surface area (TPSA) is 62.6 Å². The van der Waals surface area contributed by atoms with Gasteiger partial charge in [-0.1, -0.05) is 55.3 Å². The van der Waals surface area contributed by atoms with Gasteiger partial charge in [-0.2, -0.15) is 0 Å². The van der Waals surface area contributed by atoms with Crippen LogP contribution in [0.3, 0.4) is 0 Å². The number of amides is 2. The Morgan fingerprint density at radius 2 is 1.71 bits per heavy atom. The van der Waals surface area contributed by atoms with Gasteiger partial charge in [0, 0.05) is 11.7 Å². The predicted octanol–water partition coefficient (Wildman–Crippen LogP) is 5.34. The van der Waals surface area contributed by atoms with Gasteiger partial charge < -0.3 is 9.73 Å². The van der Waals surface area contributed by atoms with Gasteiger partial charge in [-0.05, 0) is 61.6 Å². The van der Waals surface area contributed by atoms with Crippen LogP contribution in [-0.2, 0) is 4.79 Å². The summed E-state index contributed by atoms with van der Waals surface area (Å²) in [6.45, 7) is 3.98. The lowest BCUT2D eigenvalue weighted by atomic mass is 9.99. The molecule has 1 aliphatic rings. The Morgan fingerprint density at radius 1 is 0.968 bits per heavy atom. The number of nitrogens with zero attached hydrogens (tertiary/aromatic N) is 1. The molecule has 1 aliphatic carbocycles. The van der Waals surface area contributed by atoms with Gasteiger partial charge in [-0.15, -0.1) is 0 Å². The lowest BCUT2D eigenvalue weighted by Gasteiger charge is -2.33. The fourth-order valence-corrected chi connectivity index (χ4v) is 4.28. The maximum Gasteiger partial charge on any atom is 0.294 e. The van der Waals surface area contributed by atoms with Crippen LogP contribution in [0.4, 0.5) is 5.69 Å². The molecule has 1 saturated carbocycles.